The van der Waals surface area contributed by atoms with Gasteiger partial charge in [-0.25, -0.2) is 4.98 Å². The molecule has 0 fully saturated rings. The van der Waals surface area contributed by atoms with E-state index < -0.39 is 0 Å². The first-order valence-electron chi connectivity index (χ1n) is 4.18. The molecule has 1 rings (SSSR count). The second kappa shape index (κ2) is 4.58. The SMILES string of the molecule is C/C=C\C(=C/C)c1nc(N)sc1C#N. The van der Waals surface area contributed by atoms with Crippen LogP contribution >= 0.6 is 11.3 Å². The number of nitrogens with zero attached hydrogens (tertiary/aromatic N) is 2. The van der Waals surface area contributed by atoms with Gasteiger partial charge < -0.3 is 5.73 Å². The Morgan fingerprint density at radius 3 is 2.79 bits per heavy atom. The van der Waals surface area contributed by atoms with Gasteiger partial charge in [0.05, 0.1) is 0 Å². The molecule has 0 unspecified atom stereocenters. The van der Waals surface area contributed by atoms with E-state index in [1.807, 2.05) is 32.1 Å². The van der Waals surface area contributed by atoms with Crippen LogP contribution in [-0.2, 0) is 0 Å². The van der Waals surface area contributed by atoms with E-state index in [9.17, 15) is 0 Å². The highest BCUT2D eigenvalue weighted by atomic mass is 32.1. The molecule has 0 amide bonds. The highest BCUT2D eigenvalue weighted by Crippen LogP contribution is 2.26. The Hall–Kier alpha value is -1.60. The van der Waals surface area contributed by atoms with Crippen LogP contribution in [0.3, 0.4) is 0 Å². The van der Waals surface area contributed by atoms with Crippen LogP contribution in [0.15, 0.2) is 18.2 Å². The van der Waals surface area contributed by atoms with Crippen molar-refractivity contribution in [2.24, 2.45) is 0 Å². The van der Waals surface area contributed by atoms with Gasteiger partial charge in [-0.05, 0) is 19.4 Å². The molecular weight excluding hydrogens is 194 g/mol. The maximum atomic E-state index is 8.86. The van der Waals surface area contributed by atoms with Crippen LogP contribution in [0.5, 0.6) is 0 Å². The molecule has 4 heteroatoms. The minimum Gasteiger partial charge on any atom is -0.375 e. The van der Waals surface area contributed by atoms with Crippen molar-refractivity contribution in [3.8, 4) is 6.07 Å². The fraction of sp³-hybridized carbons (Fsp3) is 0.200. The van der Waals surface area contributed by atoms with E-state index in [-0.39, 0.29) is 0 Å². The van der Waals surface area contributed by atoms with E-state index in [0.717, 1.165) is 5.57 Å². The number of hydrogen-bond donors (Lipinski definition) is 1. The zero-order valence-electron chi connectivity index (χ0n) is 8.11. The van der Waals surface area contributed by atoms with Gasteiger partial charge >= 0.3 is 0 Å². The maximum Gasteiger partial charge on any atom is 0.181 e. The monoisotopic (exact) mass is 205 g/mol. The molecule has 0 saturated heterocycles. The van der Waals surface area contributed by atoms with Gasteiger partial charge in [0, 0.05) is 0 Å². The molecule has 0 saturated carbocycles. The molecule has 2 N–H and O–H groups in total. The Kier molecular flexibility index (Phi) is 3.43. The molecule has 14 heavy (non-hydrogen) atoms. The third-order valence-electron chi connectivity index (χ3n) is 1.68. The molecule has 0 spiro atoms. The van der Waals surface area contributed by atoms with Crippen molar-refractivity contribution in [2.75, 3.05) is 5.73 Å². The topological polar surface area (TPSA) is 62.7 Å². The largest absolute Gasteiger partial charge is 0.375 e. The quantitative estimate of drug-likeness (QED) is 0.755. The van der Waals surface area contributed by atoms with Gasteiger partial charge in [-0.2, -0.15) is 5.26 Å². The second-order valence-corrected chi connectivity index (χ2v) is 3.62. The van der Waals surface area contributed by atoms with Gasteiger partial charge in [-0.15, -0.1) is 0 Å². The summed E-state index contributed by atoms with van der Waals surface area (Å²) in [5.41, 5.74) is 7.15. The molecule has 0 atom stereocenters. The molecular formula is C10H11N3S. The zero-order valence-corrected chi connectivity index (χ0v) is 8.93. The van der Waals surface area contributed by atoms with E-state index >= 15 is 0 Å². The molecule has 0 aliphatic rings. The molecule has 0 aliphatic carbocycles. The number of hydrogen-bond acceptors (Lipinski definition) is 4. The van der Waals surface area contributed by atoms with Crippen LogP contribution in [0.4, 0.5) is 5.13 Å². The zero-order chi connectivity index (χ0) is 10.6. The van der Waals surface area contributed by atoms with Gasteiger partial charge in [-0.3, -0.25) is 0 Å². The summed E-state index contributed by atoms with van der Waals surface area (Å²) < 4.78 is 0. The average Bonchev–Trinajstić information content (AvgIpc) is 2.55. The fourth-order valence-corrected chi connectivity index (χ4v) is 1.75. The normalized spacial score (nSPS) is 11.9. The molecule has 0 bridgehead atoms. The van der Waals surface area contributed by atoms with E-state index in [1.165, 1.54) is 11.3 Å². The van der Waals surface area contributed by atoms with Crippen molar-refractivity contribution in [3.05, 3.63) is 28.8 Å². The van der Waals surface area contributed by atoms with Crippen molar-refractivity contribution >= 4 is 22.0 Å². The van der Waals surface area contributed by atoms with E-state index in [0.29, 0.717) is 15.7 Å². The lowest BCUT2D eigenvalue weighted by molar-refractivity contribution is 1.34. The minimum atomic E-state index is 0.431. The predicted molar refractivity (Wildman–Crippen MR) is 59.7 cm³/mol. The lowest BCUT2D eigenvalue weighted by Crippen LogP contribution is -1.86. The Balaban J connectivity index is 3.24. The Morgan fingerprint density at radius 1 is 1.57 bits per heavy atom. The first kappa shape index (κ1) is 10.5. The summed E-state index contributed by atoms with van der Waals surface area (Å²) in [5.74, 6) is 0. The summed E-state index contributed by atoms with van der Waals surface area (Å²) in [6.07, 6.45) is 5.73. The first-order valence-corrected chi connectivity index (χ1v) is 5.00. The van der Waals surface area contributed by atoms with Gasteiger partial charge in [0.2, 0.25) is 0 Å². The van der Waals surface area contributed by atoms with Crippen molar-refractivity contribution in [3.63, 3.8) is 0 Å². The molecule has 0 aliphatic heterocycles. The Bertz CT molecular complexity index is 421. The summed E-state index contributed by atoms with van der Waals surface area (Å²) in [4.78, 5) is 4.69. The third-order valence-corrected chi connectivity index (χ3v) is 2.47. The fourth-order valence-electron chi connectivity index (χ4n) is 1.10. The summed E-state index contributed by atoms with van der Waals surface area (Å²) in [6, 6.07) is 2.09. The summed E-state index contributed by atoms with van der Waals surface area (Å²) in [7, 11) is 0. The lowest BCUT2D eigenvalue weighted by atomic mass is 10.1. The number of rotatable bonds is 2. The van der Waals surface area contributed by atoms with Crippen LogP contribution in [0.2, 0.25) is 0 Å². The molecule has 0 radical (unpaired) electrons. The van der Waals surface area contributed by atoms with Gasteiger partial charge in [-0.1, -0.05) is 29.6 Å². The summed E-state index contributed by atoms with van der Waals surface area (Å²) in [6.45, 7) is 3.83. The number of nitrogen functional groups attached to an aromatic ring is 1. The predicted octanol–water partition coefficient (Wildman–Crippen LogP) is 2.58. The summed E-state index contributed by atoms with van der Waals surface area (Å²) in [5, 5.41) is 9.29. The second-order valence-electron chi connectivity index (χ2n) is 2.59. The van der Waals surface area contributed by atoms with Crippen molar-refractivity contribution in [1.82, 2.24) is 4.98 Å². The van der Waals surface area contributed by atoms with Crippen LogP contribution in [-0.4, -0.2) is 4.98 Å². The van der Waals surface area contributed by atoms with E-state index in [2.05, 4.69) is 11.1 Å². The van der Waals surface area contributed by atoms with Crippen LogP contribution in [0, 0.1) is 11.3 Å². The number of nitrogens with two attached hydrogens (primary N) is 1. The van der Waals surface area contributed by atoms with Crippen LogP contribution in [0.1, 0.15) is 24.4 Å². The van der Waals surface area contributed by atoms with Crippen molar-refractivity contribution in [1.29, 1.82) is 5.26 Å². The Morgan fingerprint density at radius 2 is 2.29 bits per heavy atom. The van der Waals surface area contributed by atoms with Crippen LogP contribution in [0.25, 0.3) is 5.57 Å². The van der Waals surface area contributed by atoms with Crippen LogP contribution < -0.4 is 5.73 Å². The van der Waals surface area contributed by atoms with E-state index in [4.69, 9.17) is 11.0 Å². The van der Waals surface area contributed by atoms with Crippen molar-refractivity contribution in [2.45, 2.75) is 13.8 Å². The number of anilines is 1. The Labute approximate surface area is 87.2 Å². The first-order chi connectivity index (χ1) is 6.72. The smallest absolute Gasteiger partial charge is 0.181 e. The highest BCUT2D eigenvalue weighted by molar-refractivity contribution is 7.16. The maximum absolute atomic E-state index is 8.86. The van der Waals surface area contributed by atoms with Gasteiger partial charge in [0.1, 0.15) is 16.6 Å². The molecule has 1 aromatic rings. The van der Waals surface area contributed by atoms with E-state index in [1.54, 1.807) is 0 Å². The third kappa shape index (κ3) is 2.01. The van der Waals surface area contributed by atoms with Crippen molar-refractivity contribution < 1.29 is 0 Å². The number of nitriles is 1. The molecule has 72 valence electrons. The lowest BCUT2D eigenvalue weighted by Gasteiger charge is -1.95. The minimum absolute atomic E-state index is 0.431. The van der Waals surface area contributed by atoms with Gasteiger partial charge in [0.15, 0.2) is 5.13 Å². The number of aromatic nitrogens is 1. The standard InChI is InChI=1S/C10H11N3S/c1-3-5-7(4-2)9-8(6-11)14-10(12)13-9/h3-5H,1-2H3,(H2,12,13)/b5-3-,7-4+. The molecule has 3 nitrogen and oxygen atoms in total. The summed E-state index contributed by atoms with van der Waals surface area (Å²) >= 11 is 1.21. The molecule has 1 aromatic heterocycles. The molecule has 1 heterocycles. The van der Waals surface area contributed by atoms with Gasteiger partial charge in [0.25, 0.3) is 0 Å². The molecule has 0 aromatic carbocycles. The number of allylic oxidation sites excluding steroid dienone is 4. The number of thiazole rings is 1. The highest BCUT2D eigenvalue weighted by Gasteiger charge is 2.10. The average molecular weight is 205 g/mol.